The van der Waals surface area contributed by atoms with E-state index < -0.39 is 11.5 Å². The van der Waals surface area contributed by atoms with Crippen LogP contribution in [0, 0.1) is 0 Å². The van der Waals surface area contributed by atoms with Crippen molar-refractivity contribution in [3.8, 4) is 0 Å². The molecule has 0 aromatic heterocycles. The molecular weight excluding hydrogens is 274 g/mol. The molecule has 4 heteroatoms. The first-order valence-electron chi connectivity index (χ1n) is 7.37. The van der Waals surface area contributed by atoms with Crippen LogP contribution in [-0.4, -0.2) is 23.2 Å². The minimum Gasteiger partial charge on any atom is -0.391 e. The number of halogens is 1. The summed E-state index contributed by atoms with van der Waals surface area (Å²) in [5.74, 6) is 0.0470. The average molecular weight is 294 g/mol. The Morgan fingerprint density at radius 1 is 1.30 bits per heavy atom. The van der Waals surface area contributed by atoms with E-state index in [2.05, 4.69) is 5.32 Å². The van der Waals surface area contributed by atoms with Crippen molar-refractivity contribution in [1.82, 2.24) is 5.32 Å². The van der Waals surface area contributed by atoms with Gasteiger partial charge in [-0.2, -0.15) is 0 Å². The zero-order valence-electron chi connectivity index (χ0n) is 11.4. The molecule has 0 spiro atoms. The largest absolute Gasteiger partial charge is 0.391 e. The summed E-state index contributed by atoms with van der Waals surface area (Å²) < 4.78 is 0. The molecule has 0 heterocycles. The van der Waals surface area contributed by atoms with Crippen molar-refractivity contribution in [1.29, 1.82) is 0 Å². The highest BCUT2D eigenvalue weighted by atomic mass is 35.5. The van der Waals surface area contributed by atoms with E-state index in [0.29, 0.717) is 5.02 Å². The van der Waals surface area contributed by atoms with Gasteiger partial charge < -0.3 is 10.4 Å². The molecule has 2 aliphatic rings. The van der Waals surface area contributed by atoms with Crippen LogP contribution in [0.3, 0.4) is 0 Å². The standard InChI is InChI=1S/C16H20ClNO2/c17-12-5-3-4-11(10-12)16(8-9-16)15(20)18-13-6-1-2-7-14(13)19/h3-5,10,13-14,19H,1-2,6-9H2,(H,18,20). The van der Waals surface area contributed by atoms with Gasteiger partial charge in [-0.3, -0.25) is 4.79 Å². The third kappa shape index (κ3) is 2.57. The molecule has 2 unspecified atom stereocenters. The lowest BCUT2D eigenvalue weighted by molar-refractivity contribution is -0.125. The number of aliphatic hydroxyl groups excluding tert-OH is 1. The molecule has 0 aliphatic heterocycles. The van der Waals surface area contributed by atoms with E-state index in [1.165, 1.54) is 0 Å². The summed E-state index contributed by atoms with van der Waals surface area (Å²) in [6, 6.07) is 7.47. The normalized spacial score (nSPS) is 27.9. The second kappa shape index (κ2) is 5.38. The van der Waals surface area contributed by atoms with Crippen molar-refractivity contribution in [2.45, 2.75) is 56.1 Å². The van der Waals surface area contributed by atoms with Crippen LogP contribution in [0.1, 0.15) is 44.1 Å². The van der Waals surface area contributed by atoms with Gasteiger partial charge in [0.15, 0.2) is 0 Å². The van der Waals surface area contributed by atoms with E-state index in [4.69, 9.17) is 11.6 Å². The van der Waals surface area contributed by atoms with Crippen LogP contribution < -0.4 is 5.32 Å². The quantitative estimate of drug-likeness (QED) is 0.900. The molecule has 2 saturated carbocycles. The van der Waals surface area contributed by atoms with Crippen LogP contribution in [0.15, 0.2) is 24.3 Å². The number of nitrogens with one attached hydrogen (secondary N) is 1. The SMILES string of the molecule is O=C(NC1CCCCC1O)C1(c2cccc(Cl)c2)CC1. The number of hydrogen-bond acceptors (Lipinski definition) is 2. The highest BCUT2D eigenvalue weighted by molar-refractivity contribution is 6.30. The van der Waals surface area contributed by atoms with Gasteiger partial charge in [-0.05, 0) is 43.4 Å². The Bertz CT molecular complexity index is 513. The van der Waals surface area contributed by atoms with Crippen LogP contribution in [0.25, 0.3) is 0 Å². The summed E-state index contributed by atoms with van der Waals surface area (Å²) >= 11 is 6.03. The fraction of sp³-hybridized carbons (Fsp3) is 0.562. The third-order valence-corrected chi connectivity index (χ3v) is 4.84. The van der Waals surface area contributed by atoms with E-state index in [1.54, 1.807) is 0 Å². The van der Waals surface area contributed by atoms with Crippen LogP contribution in [0.5, 0.6) is 0 Å². The molecule has 108 valence electrons. The van der Waals surface area contributed by atoms with Gasteiger partial charge >= 0.3 is 0 Å². The molecule has 3 nitrogen and oxygen atoms in total. The lowest BCUT2D eigenvalue weighted by Crippen LogP contribution is -2.48. The van der Waals surface area contributed by atoms with E-state index in [0.717, 1.165) is 44.1 Å². The molecule has 1 aromatic carbocycles. The fourth-order valence-corrected chi connectivity index (χ4v) is 3.33. The van der Waals surface area contributed by atoms with Crippen molar-refractivity contribution < 1.29 is 9.90 Å². The maximum Gasteiger partial charge on any atom is 0.230 e. The van der Waals surface area contributed by atoms with Gasteiger partial charge in [-0.1, -0.05) is 36.6 Å². The van der Waals surface area contributed by atoms with Crippen molar-refractivity contribution in [3.05, 3.63) is 34.9 Å². The van der Waals surface area contributed by atoms with Gasteiger partial charge in [0.05, 0.1) is 17.6 Å². The van der Waals surface area contributed by atoms with Crippen LogP contribution in [-0.2, 0) is 10.2 Å². The number of aliphatic hydroxyl groups is 1. The Kier molecular flexibility index (Phi) is 3.74. The molecule has 2 aliphatic carbocycles. The number of carbonyl (C=O) groups is 1. The summed E-state index contributed by atoms with van der Waals surface area (Å²) in [5, 5.41) is 13.7. The van der Waals surface area contributed by atoms with Crippen molar-refractivity contribution in [3.63, 3.8) is 0 Å². The summed E-state index contributed by atoms with van der Waals surface area (Å²) in [6.45, 7) is 0. The number of amides is 1. The highest BCUT2D eigenvalue weighted by Crippen LogP contribution is 2.49. The second-order valence-electron chi connectivity index (χ2n) is 6.02. The molecule has 1 aromatic rings. The monoisotopic (exact) mass is 293 g/mol. The van der Waals surface area contributed by atoms with Gasteiger partial charge in [0.25, 0.3) is 0 Å². The minimum atomic E-state index is -0.415. The van der Waals surface area contributed by atoms with Crippen molar-refractivity contribution in [2.24, 2.45) is 0 Å². The first-order chi connectivity index (χ1) is 9.62. The predicted molar refractivity (Wildman–Crippen MR) is 78.8 cm³/mol. The molecular formula is C16H20ClNO2. The van der Waals surface area contributed by atoms with E-state index >= 15 is 0 Å². The molecule has 2 N–H and O–H groups in total. The van der Waals surface area contributed by atoms with Crippen LogP contribution in [0.2, 0.25) is 5.02 Å². The summed E-state index contributed by atoms with van der Waals surface area (Å²) in [4.78, 5) is 12.6. The minimum absolute atomic E-state index is 0.0470. The summed E-state index contributed by atoms with van der Waals surface area (Å²) in [6.07, 6.45) is 5.11. The molecule has 0 saturated heterocycles. The lowest BCUT2D eigenvalue weighted by Gasteiger charge is -2.30. The number of benzene rings is 1. The molecule has 2 atom stereocenters. The molecule has 1 amide bonds. The van der Waals surface area contributed by atoms with Gasteiger partial charge in [-0.25, -0.2) is 0 Å². The number of rotatable bonds is 3. The summed E-state index contributed by atoms with van der Waals surface area (Å²) in [5.41, 5.74) is 0.579. The topological polar surface area (TPSA) is 49.3 Å². The molecule has 3 rings (SSSR count). The highest BCUT2D eigenvalue weighted by Gasteiger charge is 2.51. The Hall–Kier alpha value is -1.06. The Balaban J connectivity index is 1.73. The van der Waals surface area contributed by atoms with E-state index in [9.17, 15) is 9.90 Å². The third-order valence-electron chi connectivity index (χ3n) is 4.61. The van der Waals surface area contributed by atoms with Crippen molar-refractivity contribution in [2.75, 3.05) is 0 Å². The van der Waals surface area contributed by atoms with Gasteiger partial charge in [0, 0.05) is 5.02 Å². The Morgan fingerprint density at radius 2 is 2.05 bits per heavy atom. The average Bonchev–Trinajstić information content (AvgIpc) is 3.23. The maximum atomic E-state index is 12.6. The molecule has 20 heavy (non-hydrogen) atoms. The number of hydrogen-bond donors (Lipinski definition) is 2. The van der Waals surface area contributed by atoms with E-state index in [-0.39, 0.29) is 11.9 Å². The van der Waals surface area contributed by atoms with Gasteiger partial charge in [0.1, 0.15) is 0 Å². The Morgan fingerprint density at radius 3 is 2.70 bits per heavy atom. The van der Waals surface area contributed by atoms with Crippen molar-refractivity contribution >= 4 is 17.5 Å². The van der Waals surface area contributed by atoms with Gasteiger partial charge in [-0.15, -0.1) is 0 Å². The smallest absolute Gasteiger partial charge is 0.230 e. The summed E-state index contributed by atoms with van der Waals surface area (Å²) in [7, 11) is 0. The molecule has 0 bridgehead atoms. The predicted octanol–water partition coefficient (Wildman–Crippen LogP) is 2.79. The zero-order chi connectivity index (χ0) is 14.2. The molecule has 2 fully saturated rings. The first-order valence-corrected chi connectivity index (χ1v) is 7.75. The van der Waals surface area contributed by atoms with Crippen LogP contribution in [0.4, 0.5) is 0 Å². The maximum absolute atomic E-state index is 12.6. The molecule has 0 radical (unpaired) electrons. The van der Waals surface area contributed by atoms with Crippen LogP contribution >= 0.6 is 11.6 Å². The first kappa shape index (κ1) is 13.9. The Labute approximate surface area is 124 Å². The number of carbonyl (C=O) groups excluding carboxylic acids is 1. The zero-order valence-corrected chi connectivity index (χ0v) is 12.2. The van der Waals surface area contributed by atoms with Gasteiger partial charge in [0.2, 0.25) is 5.91 Å². The van der Waals surface area contributed by atoms with E-state index in [1.807, 2.05) is 24.3 Å². The lowest BCUT2D eigenvalue weighted by atomic mass is 9.90. The second-order valence-corrected chi connectivity index (χ2v) is 6.46. The fourth-order valence-electron chi connectivity index (χ4n) is 3.14.